The molecule has 3 heterocycles. The lowest BCUT2D eigenvalue weighted by Crippen LogP contribution is -2.39. The van der Waals surface area contributed by atoms with Gasteiger partial charge in [0.15, 0.2) is 11.5 Å². The Morgan fingerprint density at radius 3 is 2.77 bits per heavy atom. The number of nitrogens with zero attached hydrogens (tertiary/aromatic N) is 1. The minimum atomic E-state index is -0.485. The van der Waals surface area contributed by atoms with Gasteiger partial charge in [-0.05, 0) is 50.3 Å². The van der Waals surface area contributed by atoms with E-state index in [-0.39, 0.29) is 25.3 Å². The van der Waals surface area contributed by atoms with Gasteiger partial charge < -0.3 is 18.9 Å². The summed E-state index contributed by atoms with van der Waals surface area (Å²) in [6.07, 6.45) is 3.81. The average molecular weight is 490 g/mol. The summed E-state index contributed by atoms with van der Waals surface area (Å²) in [7, 11) is 0. The second-order valence-electron chi connectivity index (χ2n) is 8.34. The Morgan fingerprint density at radius 2 is 2.00 bits per heavy atom. The van der Waals surface area contributed by atoms with Crippen LogP contribution in [0.5, 0.6) is 11.5 Å². The normalized spacial score (nSPS) is 27.2. The number of Topliss-reactive ketones (excluding diaryl/α,β-unsaturated/α-hetero) is 1. The van der Waals surface area contributed by atoms with Crippen molar-refractivity contribution in [3.8, 4) is 11.5 Å². The molecule has 8 heteroatoms. The van der Waals surface area contributed by atoms with Crippen LogP contribution in [0.4, 0.5) is 0 Å². The molecular weight excluding hydrogens is 466 g/mol. The number of carbonyl (C=O) groups is 2. The lowest BCUT2D eigenvalue weighted by molar-refractivity contribution is -0.142. The van der Waals surface area contributed by atoms with Crippen molar-refractivity contribution >= 4 is 33.4 Å². The Labute approximate surface area is 188 Å². The first-order chi connectivity index (χ1) is 15.0. The van der Waals surface area contributed by atoms with Crippen molar-refractivity contribution in [1.29, 1.82) is 0 Å². The summed E-state index contributed by atoms with van der Waals surface area (Å²) in [6.45, 7) is 2.87. The van der Waals surface area contributed by atoms with Crippen LogP contribution in [0.3, 0.4) is 0 Å². The number of ether oxygens (including phenoxy) is 4. The zero-order chi connectivity index (χ0) is 21.5. The molecule has 0 spiro atoms. The summed E-state index contributed by atoms with van der Waals surface area (Å²) >= 11 is 3.63. The van der Waals surface area contributed by atoms with Gasteiger partial charge in [0.05, 0.1) is 17.6 Å². The molecule has 0 unspecified atom stereocenters. The number of hydrogen-bond donors (Lipinski definition) is 0. The van der Waals surface area contributed by atoms with Crippen molar-refractivity contribution in [1.82, 2.24) is 0 Å². The molecule has 7 nitrogen and oxygen atoms in total. The smallest absolute Gasteiger partial charge is 0.336 e. The molecule has 1 aliphatic carbocycles. The minimum absolute atomic E-state index is 0.0699. The predicted molar refractivity (Wildman–Crippen MR) is 115 cm³/mol. The van der Waals surface area contributed by atoms with Crippen molar-refractivity contribution in [3.63, 3.8) is 0 Å². The molecule has 2 fully saturated rings. The minimum Gasteiger partial charge on any atom is -0.460 e. The maximum absolute atomic E-state index is 13.3. The van der Waals surface area contributed by atoms with Gasteiger partial charge in [-0.1, -0.05) is 15.9 Å². The van der Waals surface area contributed by atoms with Gasteiger partial charge in [0.25, 0.3) is 0 Å². The van der Waals surface area contributed by atoms with Gasteiger partial charge in [-0.25, -0.2) is 4.79 Å². The first-order valence-corrected chi connectivity index (χ1v) is 11.5. The second-order valence-corrected chi connectivity index (χ2v) is 9.19. The van der Waals surface area contributed by atoms with Crippen LogP contribution in [0.1, 0.15) is 50.5 Å². The molecule has 1 aromatic rings. The third-order valence-electron chi connectivity index (χ3n) is 6.38. The highest BCUT2D eigenvalue weighted by Crippen LogP contribution is 2.48. The van der Waals surface area contributed by atoms with E-state index < -0.39 is 17.8 Å². The monoisotopic (exact) mass is 489 g/mol. The third-order valence-corrected chi connectivity index (χ3v) is 7.07. The van der Waals surface area contributed by atoms with E-state index in [2.05, 4.69) is 20.9 Å². The van der Waals surface area contributed by atoms with Crippen molar-refractivity contribution < 1.29 is 28.5 Å². The molecule has 31 heavy (non-hydrogen) atoms. The van der Waals surface area contributed by atoms with E-state index in [0.717, 1.165) is 41.4 Å². The number of carbonyl (C=O) groups excluding carboxylic acids is 2. The zero-order valence-corrected chi connectivity index (χ0v) is 18.9. The molecule has 5 rings (SSSR count). The number of hydrogen-bond acceptors (Lipinski definition) is 7. The van der Waals surface area contributed by atoms with Crippen LogP contribution in [0, 0.1) is 5.92 Å². The molecule has 3 atom stereocenters. The summed E-state index contributed by atoms with van der Waals surface area (Å²) in [5.41, 5.74) is 2.69. The number of benzene rings is 1. The molecule has 3 aliphatic heterocycles. The highest BCUT2D eigenvalue weighted by atomic mass is 79.9. The molecule has 0 aromatic heterocycles. The van der Waals surface area contributed by atoms with Crippen LogP contribution in [-0.2, 0) is 19.1 Å². The Bertz CT molecular complexity index is 994. The average Bonchev–Trinajstić information content (AvgIpc) is 3.42. The largest absolute Gasteiger partial charge is 0.460 e. The van der Waals surface area contributed by atoms with Crippen LogP contribution in [0.2, 0.25) is 0 Å². The Kier molecular flexibility index (Phi) is 5.60. The van der Waals surface area contributed by atoms with Crippen LogP contribution >= 0.6 is 15.9 Å². The summed E-state index contributed by atoms with van der Waals surface area (Å²) in [6, 6.07) is 3.70. The SMILES string of the molecule is CC1=C(C(=O)OC[C@@H]2CCCO2)[C@H](c2cc3c(cc2Br)OCO3)[C@H]2C(=O)CCCC2=N1. The molecule has 164 valence electrons. The Morgan fingerprint density at radius 1 is 1.19 bits per heavy atom. The highest BCUT2D eigenvalue weighted by Gasteiger charge is 2.45. The standard InChI is InChI=1S/C23H24BrNO6/c1-12-20(23(27)29-10-13-4-3-7-28-13)21(22-16(25-12)5-2-6-17(22)26)14-8-18-19(9-15(14)24)31-11-30-18/h8-9,13,21-22H,2-7,10-11H2,1H3/t13-,21-,22+/m0/s1. The van der Waals surface area contributed by atoms with Gasteiger partial charge in [-0.15, -0.1) is 0 Å². The molecule has 1 saturated heterocycles. The van der Waals surface area contributed by atoms with E-state index in [9.17, 15) is 9.59 Å². The summed E-state index contributed by atoms with van der Waals surface area (Å²) in [5.74, 6) is -0.0467. The summed E-state index contributed by atoms with van der Waals surface area (Å²) in [5, 5.41) is 0. The van der Waals surface area contributed by atoms with Crippen molar-refractivity contribution in [2.75, 3.05) is 20.0 Å². The maximum Gasteiger partial charge on any atom is 0.336 e. The Hall–Kier alpha value is -2.19. The maximum atomic E-state index is 13.3. The van der Waals surface area contributed by atoms with Crippen LogP contribution in [0.25, 0.3) is 0 Å². The molecule has 0 amide bonds. The van der Waals surface area contributed by atoms with E-state index in [1.807, 2.05) is 19.1 Å². The number of esters is 1. The van der Waals surface area contributed by atoms with Gasteiger partial charge in [-0.2, -0.15) is 0 Å². The van der Waals surface area contributed by atoms with E-state index >= 15 is 0 Å². The van der Waals surface area contributed by atoms with Gasteiger partial charge in [-0.3, -0.25) is 9.79 Å². The van der Waals surface area contributed by atoms with E-state index in [4.69, 9.17) is 18.9 Å². The van der Waals surface area contributed by atoms with Gasteiger partial charge in [0, 0.05) is 34.8 Å². The lowest BCUT2D eigenvalue weighted by Gasteiger charge is -2.36. The van der Waals surface area contributed by atoms with E-state index in [1.165, 1.54) is 0 Å². The molecule has 0 bridgehead atoms. The summed E-state index contributed by atoms with van der Waals surface area (Å²) < 4.78 is 23.1. The predicted octanol–water partition coefficient (Wildman–Crippen LogP) is 4.08. The third kappa shape index (κ3) is 3.80. The molecular formula is C23H24BrNO6. The molecule has 1 aromatic carbocycles. The second kappa shape index (κ2) is 8.39. The van der Waals surface area contributed by atoms with Crippen molar-refractivity contribution in [2.45, 2.75) is 51.0 Å². The molecule has 0 N–H and O–H groups in total. The number of allylic oxidation sites excluding steroid dienone is 1. The fourth-order valence-electron chi connectivity index (χ4n) is 4.91. The van der Waals surface area contributed by atoms with Gasteiger partial charge in [0.2, 0.25) is 6.79 Å². The summed E-state index contributed by atoms with van der Waals surface area (Å²) in [4.78, 5) is 31.0. The van der Waals surface area contributed by atoms with Crippen LogP contribution in [0.15, 0.2) is 32.9 Å². The first kappa shape index (κ1) is 20.7. The Balaban J connectivity index is 1.55. The van der Waals surface area contributed by atoms with E-state index in [1.54, 1.807) is 0 Å². The van der Waals surface area contributed by atoms with Gasteiger partial charge in [0.1, 0.15) is 12.4 Å². The molecule has 0 radical (unpaired) electrons. The number of ketones is 1. The number of fused-ring (bicyclic) bond motifs is 2. The number of halogens is 1. The quantitative estimate of drug-likeness (QED) is 0.592. The van der Waals surface area contributed by atoms with Gasteiger partial charge >= 0.3 is 5.97 Å². The zero-order valence-electron chi connectivity index (χ0n) is 17.3. The van der Waals surface area contributed by atoms with Crippen molar-refractivity contribution in [2.24, 2.45) is 10.9 Å². The molecule has 4 aliphatic rings. The molecule has 1 saturated carbocycles. The fourth-order valence-corrected chi connectivity index (χ4v) is 5.48. The fraction of sp³-hybridized carbons (Fsp3) is 0.522. The lowest BCUT2D eigenvalue weighted by atomic mass is 9.69. The van der Waals surface area contributed by atoms with Crippen LogP contribution < -0.4 is 9.47 Å². The van der Waals surface area contributed by atoms with Crippen LogP contribution in [-0.4, -0.2) is 43.6 Å². The van der Waals surface area contributed by atoms with E-state index in [0.29, 0.717) is 35.8 Å². The highest BCUT2D eigenvalue weighted by molar-refractivity contribution is 9.10. The topological polar surface area (TPSA) is 83.4 Å². The number of rotatable bonds is 4. The van der Waals surface area contributed by atoms with Crippen molar-refractivity contribution in [3.05, 3.63) is 33.4 Å². The first-order valence-electron chi connectivity index (χ1n) is 10.7. The number of aliphatic imine (C=N–C) groups is 1.